The molecule has 0 saturated carbocycles. The van der Waals surface area contributed by atoms with E-state index in [4.69, 9.17) is 4.11 Å². The summed E-state index contributed by atoms with van der Waals surface area (Å²) in [6, 6.07) is 38.7. The summed E-state index contributed by atoms with van der Waals surface area (Å²) in [7, 11) is 8.54. The minimum atomic E-state index is -2.06. The van der Waals surface area contributed by atoms with Gasteiger partial charge in [0.05, 0.1) is 0 Å². The number of hydrogen-bond acceptors (Lipinski definition) is 0. The second kappa shape index (κ2) is 33.2. The Bertz CT molecular complexity index is 3760. The van der Waals surface area contributed by atoms with E-state index in [0.29, 0.717) is 5.56 Å². The number of aryl methyl sites for hydroxylation is 13. The Morgan fingerprint density at radius 1 is 0.289 bits per heavy atom. The van der Waals surface area contributed by atoms with E-state index in [1.165, 1.54) is 101 Å². The van der Waals surface area contributed by atoms with Gasteiger partial charge in [-0.2, -0.15) is 0 Å². The molecule has 0 radical (unpaired) electrons. The molecule has 90 heavy (non-hydrogen) atoms. The van der Waals surface area contributed by atoms with Gasteiger partial charge in [-0.05, 0) is 190 Å². The molecule has 0 unspecified atom stereocenters. The van der Waals surface area contributed by atoms with Crippen LogP contribution >= 0.6 is 0 Å². The summed E-state index contributed by atoms with van der Waals surface area (Å²) < 4.78 is 31.7. The van der Waals surface area contributed by atoms with Crippen molar-refractivity contribution >= 4 is 0 Å². The van der Waals surface area contributed by atoms with Gasteiger partial charge in [-0.3, -0.25) is 0 Å². The quantitative estimate of drug-likeness (QED) is 0.0965. The molecule has 0 aliphatic heterocycles. The van der Waals surface area contributed by atoms with E-state index in [-0.39, 0.29) is 56.8 Å². The molecule has 0 saturated heterocycles. The minimum absolute atomic E-state index is 0. The maximum atomic E-state index is 7.57. The van der Waals surface area contributed by atoms with Gasteiger partial charge in [-0.25, -0.2) is 18.3 Å². The van der Waals surface area contributed by atoms with E-state index in [0.717, 1.165) is 48.9 Å². The molecule has 0 aliphatic carbocycles. The molecule has 4 heterocycles. The van der Waals surface area contributed by atoms with Crippen LogP contribution in [0.2, 0.25) is 0 Å². The lowest BCUT2D eigenvalue weighted by molar-refractivity contribution is -0.661. The van der Waals surface area contributed by atoms with Gasteiger partial charge in [0.2, 0.25) is 22.8 Å². The largest absolute Gasteiger partial charge is 0.212 e. The van der Waals surface area contributed by atoms with Crippen LogP contribution in [0, 0.1) is 62.2 Å². The maximum absolute atomic E-state index is 7.57. The molecule has 4 heteroatoms. The normalized spacial score (nSPS) is 12.1. The average Bonchev–Trinajstić information content (AvgIpc) is 0.791. The Morgan fingerprint density at radius 3 is 0.844 bits per heavy atom. The van der Waals surface area contributed by atoms with Crippen molar-refractivity contribution in [1.29, 1.82) is 0 Å². The zero-order valence-corrected chi connectivity index (χ0v) is 59.0. The van der Waals surface area contributed by atoms with Crippen LogP contribution in [0.15, 0.2) is 134 Å². The summed E-state index contributed by atoms with van der Waals surface area (Å²) in [4.78, 5) is 0. The molecular weight excluding hydrogens is 1090 g/mol. The van der Waals surface area contributed by atoms with Gasteiger partial charge in [-0.1, -0.05) is 205 Å². The lowest BCUT2D eigenvalue weighted by Crippen LogP contribution is -2.37. The smallest absolute Gasteiger partial charge is 0.201 e. The SMILES string of the molecule is C.C.C.C.CCC(C)(C)c1c[n+](C)c(-c2ccc(C)cc2C)cc1C.CCC(C)(C)c1c[n+](C)c(-c2ccccc2C)cc1C.CCC(C)(C)c1cc(-c2ccccc2C)[n+](C)cc1C(C)(C)CC.[2H]C([2H])([2H])c1ccc(-c2cc(C)c(C(C)(C)CC)c[n+]2C)c(C)c1. The monoisotopic (exact) mass is 1220 g/mol. The highest BCUT2D eigenvalue weighted by Crippen LogP contribution is 2.40. The molecule has 8 rings (SSSR count). The summed E-state index contributed by atoms with van der Waals surface area (Å²) in [5.41, 5.74) is 29.0. The highest BCUT2D eigenvalue weighted by molar-refractivity contribution is 5.65. The Balaban J connectivity index is 0.000000613. The Labute approximate surface area is 559 Å². The molecule has 8 aromatic rings. The standard InChI is InChI=1S/C23H34N.2C20H28N.C19H26N.4CH4/c1-9-22(4,5)19-15-21(18-14-12-11-13-17(18)3)24(8)16-20(19)23(6,7)10-2;2*1-8-20(5,6)18-13-21(7)19(12-16(18)4)17-10-9-14(2)11-15(17)3;1-7-19(4,5)17-13-20(6)18(12-15(17)3)16-11-9-8-10-14(16)2;;;;/h11-16H,9-10H2,1-8H3;2*9-13H,8H2,1-7H3;8-13H,7H2,1-6H3;4*1H4/q4*+1;;;;/i;2D3;;;;;;. The molecule has 4 aromatic carbocycles. The molecule has 0 atom stereocenters. The summed E-state index contributed by atoms with van der Waals surface area (Å²) in [6.07, 6.45) is 14.9. The van der Waals surface area contributed by atoms with Gasteiger partial charge in [0.15, 0.2) is 24.8 Å². The fourth-order valence-electron chi connectivity index (χ4n) is 11.9. The topological polar surface area (TPSA) is 15.5 Å². The van der Waals surface area contributed by atoms with E-state index in [1.54, 1.807) is 12.1 Å². The zero-order chi connectivity index (χ0) is 67.1. The van der Waals surface area contributed by atoms with Crippen molar-refractivity contribution in [3.63, 3.8) is 0 Å². The van der Waals surface area contributed by atoms with Crippen molar-refractivity contribution in [2.24, 2.45) is 28.2 Å². The third kappa shape index (κ3) is 19.0. The van der Waals surface area contributed by atoms with Crippen molar-refractivity contribution < 1.29 is 22.4 Å². The number of rotatable bonds is 14. The predicted octanol–water partition coefficient (Wildman–Crippen LogP) is 22.5. The molecule has 0 fully saturated rings. The molecule has 0 aliphatic rings. The Morgan fingerprint density at radius 2 is 0.544 bits per heavy atom. The van der Waals surface area contributed by atoms with Gasteiger partial charge in [0.1, 0.15) is 28.2 Å². The molecule has 0 bridgehead atoms. The Kier molecular flexibility index (Phi) is 28.0. The third-order valence-corrected chi connectivity index (χ3v) is 19.8. The number of aromatic nitrogens is 4. The van der Waals surface area contributed by atoms with Gasteiger partial charge in [-0.15, -0.1) is 0 Å². The molecular formula is C86H132N4+4. The summed E-state index contributed by atoms with van der Waals surface area (Å²) in [5, 5.41) is 0. The highest BCUT2D eigenvalue weighted by atomic mass is 14.9. The van der Waals surface area contributed by atoms with Crippen molar-refractivity contribution in [1.82, 2.24) is 0 Å². The lowest BCUT2D eigenvalue weighted by Gasteiger charge is -2.32. The highest BCUT2D eigenvalue weighted by Gasteiger charge is 2.34. The van der Waals surface area contributed by atoms with E-state index in [9.17, 15) is 0 Å². The molecule has 0 spiro atoms. The van der Waals surface area contributed by atoms with Gasteiger partial charge in [0, 0.05) is 72.9 Å². The van der Waals surface area contributed by atoms with Gasteiger partial charge in [0.25, 0.3) is 0 Å². The number of benzene rings is 4. The molecule has 0 amide bonds. The number of nitrogens with zero attached hydrogens (tertiary/aromatic N) is 4. The van der Waals surface area contributed by atoms with Gasteiger partial charge >= 0.3 is 0 Å². The Hall–Kier alpha value is -6.52. The van der Waals surface area contributed by atoms with Crippen molar-refractivity contribution in [2.45, 2.75) is 255 Å². The molecule has 492 valence electrons. The summed E-state index contributed by atoms with van der Waals surface area (Å²) in [6.45, 7) is 49.9. The second-order valence-corrected chi connectivity index (χ2v) is 28.4. The average molecular weight is 1230 g/mol. The van der Waals surface area contributed by atoms with Crippen LogP contribution in [-0.4, -0.2) is 0 Å². The van der Waals surface area contributed by atoms with E-state index in [2.05, 4.69) is 315 Å². The van der Waals surface area contributed by atoms with E-state index >= 15 is 0 Å². The lowest BCUT2D eigenvalue weighted by atomic mass is 9.71. The van der Waals surface area contributed by atoms with Crippen LogP contribution < -0.4 is 18.3 Å². The first-order valence-electron chi connectivity index (χ1n) is 33.6. The van der Waals surface area contributed by atoms with Crippen molar-refractivity contribution in [3.05, 3.63) is 212 Å². The van der Waals surface area contributed by atoms with Crippen LogP contribution in [0.1, 0.15) is 248 Å². The van der Waals surface area contributed by atoms with E-state index < -0.39 is 6.85 Å². The minimum Gasteiger partial charge on any atom is -0.201 e. The van der Waals surface area contributed by atoms with Crippen LogP contribution in [0.5, 0.6) is 0 Å². The predicted molar refractivity (Wildman–Crippen MR) is 398 cm³/mol. The molecule has 4 aromatic heterocycles. The first kappa shape index (κ1) is 75.9. The molecule has 0 N–H and O–H groups in total. The first-order chi connectivity index (χ1) is 41.2. The fourth-order valence-corrected chi connectivity index (χ4v) is 11.9. The van der Waals surface area contributed by atoms with E-state index in [1.807, 2.05) is 13.0 Å². The summed E-state index contributed by atoms with van der Waals surface area (Å²) in [5.74, 6) is 0. The summed E-state index contributed by atoms with van der Waals surface area (Å²) >= 11 is 0. The third-order valence-electron chi connectivity index (χ3n) is 19.8. The first-order valence-corrected chi connectivity index (χ1v) is 32.1. The van der Waals surface area contributed by atoms with Crippen molar-refractivity contribution in [2.75, 3.05) is 0 Å². The van der Waals surface area contributed by atoms with Crippen molar-refractivity contribution in [3.8, 4) is 45.0 Å². The van der Waals surface area contributed by atoms with Crippen LogP contribution in [-0.2, 0) is 55.3 Å². The maximum Gasteiger partial charge on any atom is 0.212 e. The fraction of sp³-hybridized carbons (Fsp3) is 0.488. The van der Waals surface area contributed by atoms with Crippen LogP contribution in [0.25, 0.3) is 45.0 Å². The van der Waals surface area contributed by atoms with Crippen LogP contribution in [0.4, 0.5) is 0 Å². The van der Waals surface area contributed by atoms with Gasteiger partial charge < -0.3 is 0 Å². The number of hydrogen-bond donors (Lipinski definition) is 0. The number of pyridine rings is 4. The zero-order valence-electron chi connectivity index (χ0n) is 62.0. The molecule has 4 nitrogen and oxygen atoms in total. The van der Waals surface area contributed by atoms with Crippen LogP contribution in [0.3, 0.4) is 0 Å². The second-order valence-electron chi connectivity index (χ2n) is 28.4.